The number of carbonyl (C=O) groups is 2. The molecule has 0 aliphatic heterocycles. The van der Waals surface area contributed by atoms with Crippen LogP contribution in [0.3, 0.4) is 0 Å². The zero-order valence-corrected chi connectivity index (χ0v) is 17.0. The molecular formula is C22H21N3O6. The van der Waals surface area contributed by atoms with Crippen LogP contribution in [0, 0.1) is 17.0 Å². The number of benzene rings is 2. The molecule has 0 unspecified atom stereocenters. The summed E-state index contributed by atoms with van der Waals surface area (Å²) in [7, 11) is 1.55. The Bertz CT molecular complexity index is 1090. The number of nitrogens with one attached hydrogen (secondary N) is 1. The number of hydrogen-bond donors (Lipinski definition) is 1. The lowest BCUT2D eigenvalue weighted by atomic mass is 10.1. The lowest BCUT2D eigenvalue weighted by Crippen LogP contribution is -2.33. The normalized spacial score (nSPS) is 10.4. The highest BCUT2D eigenvalue weighted by molar-refractivity contribution is 6.04. The Kier molecular flexibility index (Phi) is 6.66. The number of rotatable bonds is 8. The van der Waals surface area contributed by atoms with Crippen LogP contribution in [0.15, 0.2) is 65.3 Å². The molecule has 9 nitrogen and oxygen atoms in total. The van der Waals surface area contributed by atoms with E-state index >= 15 is 0 Å². The molecule has 1 heterocycles. The summed E-state index contributed by atoms with van der Waals surface area (Å²) < 4.78 is 10.7. The molecule has 3 rings (SSSR count). The maximum atomic E-state index is 12.6. The van der Waals surface area contributed by atoms with Crippen molar-refractivity contribution < 1.29 is 23.7 Å². The Balaban J connectivity index is 1.66. The van der Waals surface area contributed by atoms with Gasteiger partial charge < -0.3 is 19.4 Å². The molecule has 0 saturated carbocycles. The van der Waals surface area contributed by atoms with Gasteiger partial charge in [-0.3, -0.25) is 19.7 Å². The minimum Gasteiger partial charge on any atom is -0.484 e. The first-order valence-corrected chi connectivity index (χ1v) is 9.41. The van der Waals surface area contributed by atoms with Crippen molar-refractivity contribution in [2.24, 2.45) is 0 Å². The van der Waals surface area contributed by atoms with Crippen molar-refractivity contribution in [1.82, 2.24) is 5.32 Å². The Morgan fingerprint density at radius 2 is 1.94 bits per heavy atom. The Morgan fingerprint density at radius 1 is 1.16 bits per heavy atom. The Hall–Kier alpha value is -4.14. The highest BCUT2D eigenvalue weighted by atomic mass is 16.6. The first kappa shape index (κ1) is 21.6. The van der Waals surface area contributed by atoms with E-state index in [9.17, 15) is 19.7 Å². The number of nitro benzene ring substituents is 1. The molecule has 1 N–H and O–H groups in total. The van der Waals surface area contributed by atoms with Gasteiger partial charge in [0.25, 0.3) is 17.5 Å². The minimum atomic E-state index is -0.480. The summed E-state index contributed by atoms with van der Waals surface area (Å²) in [5, 5.41) is 13.7. The van der Waals surface area contributed by atoms with E-state index < -0.39 is 4.92 Å². The fourth-order valence-corrected chi connectivity index (χ4v) is 2.93. The van der Waals surface area contributed by atoms with E-state index in [4.69, 9.17) is 9.15 Å². The highest BCUT2D eigenvalue weighted by Crippen LogP contribution is 2.24. The molecule has 0 aliphatic rings. The van der Waals surface area contributed by atoms with Gasteiger partial charge in [-0.05, 0) is 43.3 Å². The molecule has 0 bridgehead atoms. The summed E-state index contributed by atoms with van der Waals surface area (Å²) in [6, 6.07) is 14.5. The monoisotopic (exact) mass is 423 g/mol. The molecule has 0 radical (unpaired) electrons. The van der Waals surface area contributed by atoms with Gasteiger partial charge >= 0.3 is 0 Å². The summed E-state index contributed by atoms with van der Waals surface area (Å²) in [5.41, 5.74) is 1.16. The quantitative estimate of drug-likeness (QED) is 0.438. The summed E-state index contributed by atoms with van der Waals surface area (Å²) in [4.78, 5) is 37.0. The molecule has 0 fully saturated rings. The predicted octanol–water partition coefficient (Wildman–Crippen LogP) is 3.47. The fraction of sp³-hybridized carbons (Fsp3) is 0.182. The van der Waals surface area contributed by atoms with Gasteiger partial charge in [-0.15, -0.1) is 0 Å². The molecule has 1 aromatic heterocycles. The third-order valence-corrected chi connectivity index (χ3v) is 4.61. The SMILES string of the molecule is Cc1cc(OCC(=O)N(C)c2ccccc2C(=O)NCc2ccco2)ccc1[N+](=O)[O-]. The van der Waals surface area contributed by atoms with Crippen LogP contribution in [0.4, 0.5) is 11.4 Å². The minimum absolute atomic E-state index is 0.0229. The first-order valence-electron chi connectivity index (χ1n) is 9.41. The van der Waals surface area contributed by atoms with Gasteiger partial charge in [-0.25, -0.2) is 0 Å². The number of para-hydroxylation sites is 1. The van der Waals surface area contributed by atoms with Gasteiger partial charge in [0, 0.05) is 18.7 Å². The summed E-state index contributed by atoms with van der Waals surface area (Å²) in [6.45, 7) is 1.52. The third kappa shape index (κ3) is 5.27. The molecule has 0 aliphatic carbocycles. The second-order valence-corrected chi connectivity index (χ2v) is 6.73. The van der Waals surface area contributed by atoms with Crippen molar-refractivity contribution in [2.75, 3.05) is 18.6 Å². The average molecular weight is 423 g/mol. The zero-order valence-electron chi connectivity index (χ0n) is 17.0. The van der Waals surface area contributed by atoms with Crippen LogP contribution in [0.5, 0.6) is 5.75 Å². The van der Waals surface area contributed by atoms with Crippen LogP contribution in [0.25, 0.3) is 0 Å². The van der Waals surface area contributed by atoms with Crippen LogP contribution in [-0.2, 0) is 11.3 Å². The number of hydrogen-bond acceptors (Lipinski definition) is 6. The van der Waals surface area contributed by atoms with Crippen LogP contribution in [0.1, 0.15) is 21.7 Å². The van der Waals surface area contributed by atoms with Crippen molar-refractivity contribution in [1.29, 1.82) is 0 Å². The van der Waals surface area contributed by atoms with E-state index in [0.29, 0.717) is 28.3 Å². The molecule has 2 aromatic carbocycles. The summed E-state index contributed by atoms with van der Waals surface area (Å²) >= 11 is 0. The zero-order chi connectivity index (χ0) is 22.4. The topological polar surface area (TPSA) is 115 Å². The molecule has 0 saturated heterocycles. The van der Waals surface area contributed by atoms with E-state index in [1.165, 1.54) is 29.4 Å². The van der Waals surface area contributed by atoms with E-state index in [2.05, 4.69) is 5.32 Å². The third-order valence-electron chi connectivity index (χ3n) is 4.61. The maximum absolute atomic E-state index is 12.6. The number of anilines is 1. The molecular weight excluding hydrogens is 402 g/mol. The van der Waals surface area contributed by atoms with Crippen molar-refractivity contribution in [3.05, 3.63) is 87.9 Å². The van der Waals surface area contributed by atoms with Crippen LogP contribution in [-0.4, -0.2) is 30.4 Å². The second kappa shape index (κ2) is 9.57. The Morgan fingerprint density at radius 3 is 2.61 bits per heavy atom. The standard InChI is InChI=1S/C22H21N3O6/c1-15-12-16(9-10-19(15)25(28)29)31-14-21(26)24(2)20-8-4-3-7-18(20)22(27)23-13-17-6-5-11-30-17/h3-12H,13-14H2,1-2H3,(H,23,27). The van der Waals surface area contributed by atoms with E-state index in [1.54, 1.807) is 50.4 Å². The van der Waals surface area contributed by atoms with E-state index in [0.717, 1.165) is 0 Å². The molecule has 0 atom stereocenters. The number of aryl methyl sites for hydroxylation is 1. The van der Waals surface area contributed by atoms with Crippen molar-refractivity contribution in [3.8, 4) is 5.75 Å². The number of ether oxygens (including phenoxy) is 1. The van der Waals surface area contributed by atoms with E-state index in [1.807, 2.05) is 0 Å². The van der Waals surface area contributed by atoms with Crippen molar-refractivity contribution in [3.63, 3.8) is 0 Å². The number of likely N-dealkylation sites (N-methyl/N-ethyl adjacent to an activating group) is 1. The first-order chi connectivity index (χ1) is 14.9. The molecule has 0 spiro atoms. The smallest absolute Gasteiger partial charge is 0.272 e. The average Bonchev–Trinajstić information content (AvgIpc) is 3.28. The van der Waals surface area contributed by atoms with Crippen LogP contribution < -0.4 is 15.0 Å². The summed E-state index contributed by atoms with van der Waals surface area (Å²) in [6.07, 6.45) is 1.52. The molecule has 3 aromatic rings. The van der Waals surface area contributed by atoms with Gasteiger partial charge in [-0.2, -0.15) is 0 Å². The van der Waals surface area contributed by atoms with Gasteiger partial charge in [-0.1, -0.05) is 12.1 Å². The Labute approximate surface area is 178 Å². The number of nitrogens with zero attached hydrogens (tertiary/aromatic N) is 2. The fourth-order valence-electron chi connectivity index (χ4n) is 2.93. The van der Waals surface area contributed by atoms with Gasteiger partial charge in [0.05, 0.1) is 29.0 Å². The number of nitro groups is 1. The lowest BCUT2D eigenvalue weighted by molar-refractivity contribution is -0.385. The number of furan rings is 1. The maximum Gasteiger partial charge on any atom is 0.272 e. The number of amides is 2. The van der Waals surface area contributed by atoms with Crippen LogP contribution >= 0.6 is 0 Å². The van der Waals surface area contributed by atoms with Gasteiger partial charge in [0.2, 0.25) is 0 Å². The summed E-state index contributed by atoms with van der Waals surface area (Å²) in [5.74, 6) is 0.220. The molecule has 2 amide bonds. The van der Waals surface area contributed by atoms with Gasteiger partial charge in [0.15, 0.2) is 6.61 Å². The largest absolute Gasteiger partial charge is 0.484 e. The van der Waals surface area contributed by atoms with Gasteiger partial charge in [0.1, 0.15) is 11.5 Å². The highest BCUT2D eigenvalue weighted by Gasteiger charge is 2.19. The van der Waals surface area contributed by atoms with E-state index in [-0.39, 0.29) is 30.7 Å². The lowest BCUT2D eigenvalue weighted by Gasteiger charge is -2.20. The molecule has 9 heteroatoms. The second-order valence-electron chi connectivity index (χ2n) is 6.73. The molecule has 160 valence electrons. The van der Waals surface area contributed by atoms with Crippen LogP contribution in [0.2, 0.25) is 0 Å². The predicted molar refractivity (Wildman–Crippen MR) is 113 cm³/mol. The molecule has 31 heavy (non-hydrogen) atoms. The van der Waals surface area contributed by atoms with Crippen molar-refractivity contribution in [2.45, 2.75) is 13.5 Å². The number of carbonyl (C=O) groups excluding carboxylic acids is 2. The van der Waals surface area contributed by atoms with Crippen molar-refractivity contribution >= 4 is 23.2 Å².